The number of nitrogens with zero attached hydrogens (tertiary/aromatic N) is 1. The van der Waals surface area contributed by atoms with Gasteiger partial charge in [-0.2, -0.15) is 11.8 Å². The molecule has 0 radical (unpaired) electrons. The monoisotopic (exact) mass is 312 g/mol. The van der Waals surface area contributed by atoms with Crippen LogP contribution in [0.2, 0.25) is 5.02 Å². The average Bonchev–Trinajstić information content (AvgIpc) is 2.47. The zero-order chi connectivity index (χ0) is 14.5. The summed E-state index contributed by atoms with van der Waals surface area (Å²) in [6.07, 6.45) is 2.04. The molecule has 1 fully saturated rings. The fraction of sp³-hybridized carbons (Fsp3) is 0.533. The minimum absolute atomic E-state index is 0.0600. The van der Waals surface area contributed by atoms with Crippen molar-refractivity contribution in [2.45, 2.75) is 13.0 Å². The Morgan fingerprint density at radius 2 is 2.40 bits per heavy atom. The average molecular weight is 313 g/mol. The van der Waals surface area contributed by atoms with E-state index >= 15 is 0 Å². The van der Waals surface area contributed by atoms with Gasteiger partial charge >= 0.3 is 0 Å². The summed E-state index contributed by atoms with van der Waals surface area (Å²) >= 11 is 7.79. The lowest BCUT2D eigenvalue weighted by Gasteiger charge is -2.38. The summed E-state index contributed by atoms with van der Waals surface area (Å²) in [6, 6.07) is 7.89. The third-order valence-electron chi connectivity index (χ3n) is 3.60. The van der Waals surface area contributed by atoms with Gasteiger partial charge in [-0.05, 0) is 24.0 Å². The molecule has 1 aromatic carbocycles. The number of amides is 1. The molecule has 0 spiro atoms. The Kier molecular flexibility index (Phi) is 5.75. The van der Waals surface area contributed by atoms with Gasteiger partial charge in [0.2, 0.25) is 5.91 Å². The number of hydrogen-bond acceptors (Lipinski definition) is 3. The van der Waals surface area contributed by atoms with Gasteiger partial charge in [-0.1, -0.05) is 30.7 Å². The van der Waals surface area contributed by atoms with Gasteiger partial charge < -0.3 is 10.2 Å². The minimum atomic E-state index is 0.0600. The molecule has 0 bridgehead atoms. The lowest BCUT2D eigenvalue weighted by atomic mass is 10.0. The van der Waals surface area contributed by atoms with Crippen molar-refractivity contribution in [3.63, 3.8) is 0 Å². The maximum absolute atomic E-state index is 12.6. The highest BCUT2D eigenvalue weighted by Gasteiger charge is 2.30. The number of carbonyl (C=O) groups is 1. The molecular weight excluding hydrogens is 292 g/mol. The van der Waals surface area contributed by atoms with Crippen molar-refractivity contribution in [3.05, 3.63) is 34.9 Å². The molecule has 110 valence electrons. The smallest absolute Gasteiger partial charge is 0.226 e. The first-order chi connectivity index (χ1) is 9.63. The van der Waals surface area contributed by atoms with Gasteiger partial charge in [0.15, 0.2) is 0 Å². The summed E-state index contributed by atoms with van der Waals surface area (Å²) < 4.78 is 0. The Morgan fingerprint density at radius 1 is 1.60 bits per heavy atom. The van der Waals surface area contributed by atoms with Gasteiger partial charge in [-0.3, -0.25) is 4.79 Å². The molecule has 1 heterocycles. The molecule has 1 aliphatic rings. The van der Waals surface area contributed by atoms with Gasteiger partial charge in [-0.25, -0.2) is 0 Å². The summed E-state index contributed by atoms with van der Waals surface area (Å²) in [5.74, 6) is 1.17. The molecular formula is C15H21ClN2OS. The van der Waals surface area contributed by atoms with Gasteiger partial charge in [-0.15, -0.1) is 0 Å². The van der Waals surface area contributed by atoms with Crippen LogP contribution in [0.1, 0.15) is 18.5 Å². The molecule has 1 saturated heterocycles. The molecule has 2 rings (SSSR count). The maximum Gasteiger partial charge on any atom is 0.226 e. The first-order valence-corrected chi connectivity index (χ1v) is 8.66. The van der Waals surface area contributed by atoms with Crippen molar-refractivity contribution in [2.24, 2.45) is 5.92 Å². The number of hydrogen-bond donors (Lipinski definition) is 1. The molecule has 5 heteroatoms. The standard InChI is InChI=1S/C15H21ClN2OS/c1-11(10-20-2)15(19)18-7-6-17-9-14(18)12-4-3-5-13(16)8-12/h3-5,8,11,14,17H,6-7,9-10H2,1-2H3. The zero-order valence-corrected chi connectivity index (χ0v) is 13.5. The number of benzene rings is 1. The predicted molar refractivity (Wildman–Crippen MR) is 86.3 cm³/mol. The van der Waals surface area contributed by atoms with E-state index in [4.69, 9.17) is 11.6 Å². The highest BCUT2D eigenvalue weighted by atomic mass is 35.5. The van der Waals surface area contributed by atoms with Crippen LogP contribution in [-0.4, -0.2) is 42.4 Å². The van der Waals surface area contributed by atoms with Crippen molar-refractivity contribution in [1.82, 2.24) is 10.2 Å². The van der Waals surface area contributed by atoms with Crippen molar-refractivity contribution in [2.75, 3.05) is 31.6 Å². The predicted octanol–water partition coefficient (Wildman–Crippen LogP) is 2.81. The normalized spacial score (nSPS) is 20.8. The minimum Gasteiger partial charge on any atom is -0.333 e. The van der Waals surface area contributed by atoms with Crippen LogP contribution in [-0.2, 0) is 4.79 Å². The van der Waals surface area contributed by atoms with Crippen LogP contribution in [0.4, 0.5) is 0 Å². The number of piperazine rings is 1. The van der Waals surface area contributed by atoms with Crippen LogP contribution in [0.15, 0.2) is 24.3 Å². The van der Waals surface area contributed by atoms with E-state index in [2.05, 4.69) is 5.32 Å². The summed E-state index contributed by atoms with van der Waals surface area (Å²) in [5.41, 5.74) is 1.11. The molecule has 0 aromatic heterocycles. The van der Waals surface area contributed by atoms with Crippen LogP contribution in [0.5, 0.6) is 0 Å². The second-order valence-electron chi connectivity index (χ2n) is 5.16. The number of thioether (sulfide) groups is 1. The zero-order valence-electron chi connectivity index (χ0n) is 11.9. The largest absolute Gasteiger partial charge is 0.333 e. The Hall–Kier alpha value is -0.710. The van der Waals surface area contributed by atoms with E-state index in [0.29, 0.717) is 0 Å². The van der Waals surface area contributed by atoms with E-state index in [1.54, 1.807) is 11.8 Å². The summed E-state index contributed by atoms with van der Waals surface area (Å²) in [6.45, 7) is 4.41. The van der Waals surface area contributed by atoms with Crippen LogP contribution < -0.4 is 5.32 Å². The van der Waals surface area contributed by atoms with E-state index in [9.17, 15) is 4.79 Å². The van der Waals surface area contributed by atoms with E-state index in [1.165, 1.54) is 0 Å². The van der Waals surface area contributed by atoms with Gasteiger partial charge in [0.25, 0.3) is 0 Å². The van der Waals surface area contributed by atoms with E-state index < -0.39 is 0 Å². The molecule has 1 amide bonds. The molecule has 0 aliphatic carbocycles. The lowest BCUT2D eigenvalue weighted by molar-refractivity contribution is -0.137. The van der Waals surface area contributed by atoms with Gasteiger partial charge in [0.1, 0.15) is 0 Å². The third-order valence-corrected chi connectivity index (χ3v) is 4.67. The van der Waals surface area contributed by atoms with Crippen LogP contribution >= 0.6 is 23.4 Å². The van der Waals surface area contributed by atoms with Crippen molar-refractivity contribution in [3.8, 4) is 0 Å². The van der Waals surface area contributed by atoms with E-state index in [0.717, 1.165) is 36.0 Å². The van der Waals surface area contributed by atoms with Crippen LogP contribution in [0.3, 0.4) is 0 Å². The van der Waals surface area contributed by atoms with Crippen LogP contribution in [0.25, 0.3) is 0 Å². The number of nitrogens with one attached hydrogen (secondary N) is 1. The third kappa shape index (κ3) is 3.68. The first-order valence-electron chi connectivity index (χ1n) is 6.89. The van der Waals surface area contributed by atoms with E-state index in [-0.39, 0.29) is 17.9 Å². The van der Waals surface area contributed by atoms with Crippen molar-refractivity contribution >= 4 is 29.3 Å². The number of rotatable bonds is 4. The van der Waals surface area contributed by atoms with Gasteiger partial charge in [0, 0.05) is 36.3 Å². The van der Waals surface area contributed by atoms with Crippen molar-refractivity contribution < 1.29 is 4.79 Å². The Labute approximate surface area is 130 Å². The molecule has 1 N–H and O–H groups in total. The molecule has 0 saturated carbocycles. The summed E-state index contributed by atoms with van der Waals surface area (Å²) in [4.78, 5) is 14.6. The second-order valence-corrected chi connectivity index (χ2v) is 6.51. The summed E-state index contributed by atoms with van der Waals surface area (Å²) in [5, 5.41) is 4.09. The SMILES string of the molecule is CSCC(C)C(=O)N1CCNCC1c1cccc(Cl)c1. The lowest BCUT2D eigenvalue weighted by Crippen LogP contribution is -2.50. The molecule has 1 aromatic rings. The molecule has 2 unspecified atom stereocenters. The topological polar surface area (TPSA) is 32.3 Å². The van der Waals surface area contributed by atoms with Crippen LogP contribution in [0, 0.1) is 5.92 Å². The maximum atomic E-state index is 12.6. The Morgan fingerprint density at radius 3 is 3.10 bits per heavy atom. The fourth-order valence-corrected chi connectivity index (χ4v) is 3.43. The molecule has 3 nitrogen and oxygen atoms in total. The highest BCUT2D eigenvalue weighted by Crippen LogP contribution is 2.26. The Bertz CT molecular complexity index is 469. The quantitative estimate of drug-likeness (QED) is 0.928. The molecule has 20 heavy (non-hydrogen) atoms. The molecule has 2 atom stereocenters. The first kappa shape index (κ1) is 15.7. The molecule has 1 aliphatic heterocycles. The van der Waals surface area contributed by atoms with E-state index in [1.807, 2.05) is 42.3 Å². The highest BCUT2D eigenvalue weighted by molar-refractivity contribution is 7.98. The Balaban J connectivity index is 2.19. The summed E-state index contributed by atoms with van der Waals surface area (Å²) in [7, 11) is 0. The van der Waals surface area contributed by atoms with Crippen molar-refractivity contribution in [1.29, 1.82) is 0 Å². The number of halogens is 1. The fourth-order valence-electron chi connectivity index (χ4n) is 2.58. The number of carbonyl (C=O) groups excluding carboxylic acids is 1. The second kappa shape index (κ2) is 7.34. The van der Waals surface area contributed by atoms with Gasteiger partial charge in [0.05, 0.1) is 6.04 Å².